The Kier molecular flexibility index (Phi) is 8.47. The highest BCUT2D eigenvalue weighted by molar-refractivity contribution is 9.10. The standard InChI is InChI=1S/C14H21BrClNO/c1-2-8-17-9-4-3-5-10-18-14-11-12(15)6-7-13(14)16/h6-7,11,17H,2-5,8-10H2,1H3. The van der Waals surface area contributed by atoms with Gasteiger partial charge in [-0.15, -0.1) is 0 Å². The lowest BCUT2D eigenvalue weighted by Gasteiger charge is -2.08. The highest BCUT2D eigenvalue weighted by Crippen LogP contribution is 2.27. The summed E-state index contributed by atoms with van der Waals surface area (Å²) < 4.78 is 6.65. The van der Waals surface area contributed by atoms with Gasteiger partial charge in [0.15, 0.2) is 0 Å². The van der Waals surface area contributed by atoms with Crippen molar-refractivity contribution in [2.75, 3.05) is 19.7 Å². The molecule has 0 heterocycles. The molecule has 0 aliphatic carbocycles. The molecule has 0 radical (unpaired) electrons. The number of halogens is 2. The molecule has 0 aromatic heterocycles. The lowest BCUT2D eigenvalue weighted by molar-refractivity contribution is 0.305. The van der Waals surface area contributed by atoms with Crippen LogP contribution in [0, 0.1) is 0 Å². The predicted octanol–water partition coefficient (Wildman–Crippen LogP) is 4.65. The molecule has 0 fully saturated rings. The van der Waals surface area contributed by atoms with Gasteiger partial charge in [0.25, 0.3) is 0 Å². The van der Waals surface area contributed by atoms with Gasteiger partial charge in [-0.2, -0.15) is 0 Å². The van der Waals surface area contributed by atoms with Crippen molar-refractivity contribution in [3.05, 3.63) is 27.7 Å². The first kappa shape index (κ1) is 15.8. The van der Waals surface area contributed by atoms with Crippen LogP contribution in [0.5, 0.6) is 5.75 Å². The molecule has 1 rings (SSSR count). The predicted molar refractivity (Wildman–Crippen MR) is 81.7 cm³/mol. The second-order valence-electron chi connectivity index (χ2n) is 4.23. The van der Waals surface area contributed by atoms with Crippen LogP contribution in [0.2, 0.25) is 5.02 Å². The Morgan fingerprint density at radius 1 is 1.22 bits per heavy atom. The van der Waals surface area contributed by atoms with E-state index >= 15 is 0 Å². The molecule has 0 unspecified atom stereocenters. The molecule has 1 aromatic rings. The van der Waals surface area contributed by atoms with Gasteiger partial charge >= 0.3 is 0 Å². The van der Waals surface area contributed by atoms with E-state index < -0.39 is 0 Å². The number of ether oxygens (including phenoxy) is 1. The second kappa shape index (κ2) is 9.65. The van der Waals surface area contributed by atoms with Crippen LogP contribution in [0.3, 0.4) is 0 Å². The van der Waals surface area contributed by atoms with Gasteiger partial charge < -0.3 is 10.1 Å². The summed E-state index contributed by atoms with van der Waals surface area (Å²) in [6.07, 6.45) is 4.65. The molecular formula is C14H21BrClNO. The van der Waals surface area contributed by atoms with E-state index in [2.05, 4.69) is 28.2 Å². The molecule has 0 aliphatic rings. The largest absolute Gasteiger partial charge is 0.492 e. The number of nitrogens with one attached hydrogen (secondary N) is 1. The van der Waals surface area contributed by atoms with Gasteiger partial charge in [0, 0.05) is 4.47 Å². The highest BCUT2D eigenvalue weighted by Gasteiger charge is 2.01. The topological polar surface area (TPSA) is 21.3 Å². The molecule has 2 nitrogen and oxygen atoms in total. The average Bonchev–Trinajstić information content (AvgIpc) is 2.36. The molecule has 18 heavy (non-hydrogen) atoms. The van der Waals surface area contributed by atoms with Gasteiger partial charge in [-0.05, 0) is 57.0 Å². The Morgan fingerprint density at radius 2 is 2.06 bits per heavy atom. The molecule has 0 atom stereocenters. The molecule has 0 amide bonds. The number of rotatable bonds is 9. The van der Waals surface area contributed by atoms with E-state index in [4.69, 9.17) is 16.3 Å². The fourth-order valence-corrected chi connectivity index (χ4v) is 2.11. The van der Waals surface area contributed by atoms with E-state index in [0.29, 0.717) is 5.02 Å². The Bertz CT molecular complexity index is 347. The van der Waals surface area contributed by atoms with Gasteiger partial charge in [-0.1, -0.05) is 34.5 Å². The maximum Gasteiger partial charge on any atom is 0.139 e. The summed E-state index contributed by atoms with van der Waals surface area (Å²) in [7, 11) is 0. The normalized spacial score (nSPS) is 10.6. The highest BCUT2D eigenvalue weighted by atomic mass is 79.9. The van der Waals surface area contributed by atoms with Crippen LogP contribution >= 0.6 is 27.5 Å². The van der Waals surface area contributed by atoms with Crippen LogP contribution in [0.15, 0.2) is 22.7 Å². The first-order valence-corrected chi connectivity index (χ1v) is 7.69. The van der Waals surface area contributed by atoms with Crippen molar-refractivity contribution >= 4 is 27.5 Å². The zero-order chi connectivity index (χ0) is 13.2. The molecule has 4 heteroatoms. The molecule has 0 aliphatic heterocycles. The summed E-state index contributed by atoms with van der Waals surface area (Å²) >= 11 is 9.44. The fraction of sp³-hybridized carbons (Fsp3) is 0.571. The third kappa shape index (κ3) is 6.62. The maximum atomic E-state index is 6.04. The molecule has 0 saturated heterocycles. The number of unbranched alkanes of at least 4 members (excludes halogenated alkanes) is 2. The minimum absolute atomic E-state index is 0.669. The lowest BCUT2D eigenvalue weighted by atomic mass is 10.2. The lowest BCUT2D eigenvalue weighted by Crippen LogP contribution is -2.15. The van der Waals surface area contributed by atoms with Crippen LogP contribution in [0.1, 0.15) is 32.6 Å². The van der Waals surface area contributed by atoms with Gasteiger partial charge in [0.2, 0.25) is 0 Å². The van der Waals surface area contributed by atoms with Crippen molar-refractivity contribution in [1.82, 2.24) is 5.32 Å². The van der Waals surface area contributed by atoms with E-state index in [-0.39, 0.29) is 0 Å². The van der Waals surface area contributed by atoms with Crippen molar-refractivity contribution in [1.29, 1.82) is 0 Å². The third-order valence-electron chi connectivity index (χ3n) is 2.58. The second-order valence-corrected chi connectivity index (χ2v) is 5.56. The Hall–Kier alpha value is -0.250. The van der Waals surface area contributed by atoms with Crippen molar-refractivity contribution in [2.24, 2.45) is 0 Å². The molecule has 0 saturated carbocycles. The SMILES string of the molecule is CCCNCCCCCOc1cc(Br)ccc1Cl. The van der Waals surface area contributed by atoms with Crippen molar-refractivity contribution < 1.29 is 4.74 Å². The van der Waals surface area contributed by atoms with Gasteiger partial charge in [-0.25, -0.2) is 0 Å². The van der Waals surface area contributed by atoms with E-state index in [9.17, 15) is 0 Å². The van der Waals surface area contributed by atoms with Gasteiger partial charge in [0.05, 0.1) is 11.6 Å². The van der Waals surface area contributed by atoms with Crippen molar-refractivity contribution in [3.8, 4) is 5.75 Å². The van der Waals surface area contributed by atoms with Crippen LogP contribution in [-0.4, -0.2) is 19.7 Å². The molecular weight excluding hydrogens is 314 g/mol. The number of hydrogen-bond donors (Lipinski definition) is 1. The van der Waals surface area contributed by atoms with Crippen molar-refractivity contribution in [3.63, 3.8) is 0 Å². The molecule has 102 valence electrons. The summed E-state index contributed by atoms with van der Waals surface area (Å²) in [5.41, 5.74) is 0. The van der Waals surface area contributed by atoms with Crippen molar-refractivity contribution in [2.45, 2.75) is 32.6 Å². The summed E-state index contributed by atoms with van der Waals surface area (Å²) in [6, 6.07) is 5.66. The molecule has 0 bridgehead atoms. The summed E-state index contributed by atoms with van der Waals surface area (Å²) in [5.74, 6) is 0.759. The monoisotopic (exact) mass is 333 g/mol. The van der Waals surface area contributed by atoms with Gasteiger partial charge in [0.1, 0.15) is 5.75 Å². The summed E-state index contributed by atoms with van der Waals surface area (Å²) in [6.45, 7) is 5.13. The van der Waals surface area contributed by atoms with Crippen LogP contribution < -0.4 is 10.1 Å². The number of benzene rings is 1. The fourth-order valence-electron chi connectivity index (χ4n) is 1.60. The van der Waals surface area contributed by atoms with E-state index in [1.54, 1.807) is 0 Å². The Balaban J connectivity index is 2.09. The quantitative estimate of drug-likeness (QED) is 0.664. The Labute approximate surface area is 123 Å². The molecule has 0 spiro atoms. The minimum Gasteiger partial charge on any atom is -0.492 e. The van der Waals surface area contributed by atoms with E-state index in [1.165, 1.54) is 19.3 Å². The first-order chi connectivity index (χ1) is 8.74. The zero-order valence-corrected chi connectivity index (χ0v) is 13.2. The van der Waals surface area contributed by atoms with Gasteiger partial charge in [-0.3, -0.25) is 0 Å². The summed E-state index contributed by atoms with van der Waals surface area (Å²) in [5, 5.41) is 4.06. The molecule has 1 aromatic carbocycles. The van der Waals surface area contributed by atoms with E-state index in [0.717, 1.165) is 36.3 Å². The minimum atomic E-state index is 0.669. The average molecular weight is 335 g/mol. The smallest absolute Gasteiger partial charge is 0.139 e. The Morgan fingerprint density at radius 3 is 2.83 bits per heavy atom. The first-order valence-electron chi connectivity index (χ1n) is 6.52. The van der Waals surface area contributed by atoms with E-state index in [1.807, 2.05) is 18.2 Å². The third-order valence-corrected chi connectivity index (χ3v) is 3.38. The van der Waals surface area contributed by atoms with Crippen LogP contribution in [0.4, 0.5) is 0 Å². The maximum absolute atomic E-state index is 6.04. The number of hydrogen-bond acceptors (Lipinski definition) is 2. The van der Waals surface area contributed by atoms with Crippen LogP contribution in [-0.2, 0) is 0 Å². The van der Waals surface area contributed by atoms with Crippen LogP contribution in [0.25, 0.3) is 0 Å². The summed E-state index contributed by atoms with van der Waals surface area (Å²) in [4.78, 5) is 0. The molecule has 1 N–H and O–H groups in total. The zero-order valence-electron chi connectivity index (χ0n) is 10.8.